The van der Waals surface area contributed by atoms with Crippen LogP contribution in [0.2, 0.25) is 0 Å². The smallest absolute Gasteiger partial charge is 0.225 e. The number of nitrogens with zero attached hydrogens (tertiary/aromatic N) is 6. The molecule has 4 aromatic rings. The molecule has 0 N–H and O–H groups in total. The number of furan rings is 1. The van der Waals surface area contributed by atoms with Crippen LogP contribution >= 0.6 is 0 Å². The van der Waals surface area contributed by atoms with Gasteiger partial charge in [-0.15, -0.1) is 10.2 Å². The molecule has 1 aliphatic heterocycles. The Morgan fingerprint density at radius 2 is 1.83 bits per heavy atom. The molecule has 2 fully saturated rings. The van der Waals surface area contributed by atoms with Gasteiger partial charge in [-0.05, 0) is 37.1 Å². The van der Waals surface area contributed by atoms with Crippen molar-refractivity contribution >= 4 is 28.4 Å². The van der Waals surface area contributed by atoms with Crippen molar-refractivity contribution in [1.29, 1.82) is 0 Å². The molecule has 1 aromatic carbocycles. The van der Waals surface area contributed by atoms with Gasteiger partial charge < -0.3 is 14.2 Å². The minimum absolute atomic E-state index is 0.241. The van der Waals surface area contributed by atoms with Crippen LogP contribution in [0.4, 0.5) is 5.95 Å². The molecule has 0 spiro atoms. The zero-order valence-electron chi connectivity index (χ0n) is 16.6. The SMILES string of the molecule is O=C(C1CCC1)N1CCN(c2nc3ccccc3c3nnc(-c4ccco4)n23)CC1. The van der Waals surface area contributed by atoms with Crippen LogP contribution in [0.3, 0.4) is 0 Å². The van der Waals surface area contributed by atoms with Crippen LogP contribution in [0.5, 0.6) is 0 Å². The number of rotatable bonds is 3. The molecular weight excluding hydrogens is 380 g/mol. The summed E-state index contributed by atoms with van der Waals surface area (Å²) in [6, 6.07) is 11.7. The summed E-state index contributed by atoms with van der Waals surface area (Å²) in [5, 5.41) is 9.83. The highest BCUT2D eigenvalue weighted by Crippen LogP contribution is 2.31. The number of piperazine rings is 1. The van der Waals surface area contributed by atoms with Gasteiger partial charge in [0.15, 0.2) is 11.4 Å². The number of carbonyl (C=O) groups excluding carboxylic acids is 1. The fourth-order valence-electron chi connectivity index (χ4n) is 4.38. The van der Waals surface area contributed by atoms with E-state index in [1.54, 1.807) is 6.26 Å². The number of para-hydroxylation sites is 1. The van der Waals surface area contributed by atoms with Gasteiger partial charge in [-0.25, -0.2) is 9.38 Å². The summed E-state index contributed by atoms with van der Waals surface area (Å²) in [5.41, 5.74) is 1.64. The van der Waals surface area contributed by atoms with Crippen molar-refractivity contribution in [2.75, 3.05) is 31.1 Å². The Morgan fingerprint density at radius 3 is 2.57 bits per heavy atom. The van der Waals surface area contributed by atoms with Crippen LogP contribution < -0.4 is 4.90 Å². The number of fused-ring (bicyclic) bond motifs is 3. The molecule has 8 heteroatoms. The highest BCUT2D eigenvalue weighted by molar-refractivity contribution is 5.93. The van der Waals surface area contributed by atoms with Crippen LogP contribution in [0, 0.1) is 5.92 Å². The summed E-state index contributed by atoms with van der Waals surface area (Å²) >= 11 is 0. The molecule has 8 nitrogen and oxygen atoms in total. The lowest BCUT2D eigenvalue weighted by atomic mass is 9.84. The van der Waals surface area contributed by atoms with Gasteiger partial charge in [-0.3, -0.25) is 4.79 Å². The van der Waals surface area contributed by atoms with E-state index in [1.165, 1.54) is 6.42 Å². The van der Waals surface area contributed by atoms with Gasteiger partial charge in [0.2, 0.25) is 17.7 Å². The Bertz CT molecular complexity index is 1220. The normalized spacial score (nSPS) is 17.6. The number of benzene rings is 1. The second-order valence-electron chi connectivity index (χ2n) is 8.03. The molecular formula is C22H22N6O2. The van der Waals surface area contributed by atoms with E-state index in [0.717, 1.165) is 48.4 Å². The summed E-state index contributed by atoms with van der Waals surface area (Å²) in [6.45, 7) is 2.89. The van der Waals surface area contributed by atoms with Crippen molar-refractivity contribution in [3.8, 4) is 11.6 Å². The van der Waals surface area contributed by atoms with Crippen molar-refractivity contribution in [3.05, 3.63) is 42.7 Å². The predicted molar refractivity (Wildman–Crippen MR) is 112 cm³/mol. The van der Waals surface area contributed by atoms with Gasteiger partial charge in [0.05, 0.1) is 11.8 Å². The number of anilines is 1. The molecule has 0 bridgehead atoms. The van der Waals surface area contributed by atoms with Gasteiger partial charge in [0.1, 0.15) is 0 Å². The number of hydrogen-bond acceptors (Lipinski definition) is 6. The highest BCUT2D eigenvalue weighted by atomic mass is 16.3. The van der Waals surface area contributed by atoms with E-state index in [2.05, 4.69) is 15.1 Å². The third kappa shape index (κ3) is 2.67. The standard InChI is InChI=1S/C22H22N6O2/c29-21(15-5-3-6-15)26-10-12-27(13-11-26)22-23-17-8-2-1-7-16(17)19-24-25-20(28(19)22)18-9-4-14-30-18/h1-2,4,7-9,14-15H,3,5-6,10-13H2. The van der Waals surface area contributed by atoms with E-state index in [9.17, 15) is 4.79 Å². The van der Waals surface area contributed by atoms with E-state index in [0.29, 0.717) is 30.6 Å². The number of hydrogen-bond donors (Lipinski definition) is 0. The minimum atomic E-state index is 0.241. The van der Waals surface area contributed by atoms with E-state index in [-0.39, 0.29) is 5.92 Å². The van der Waals surface area contributed by atoms with E-state index in [4.69, 9.17) is 9.40 Å². The minimum Gasteiger partial charge on any atom is -0.461 e. The van der Waals surface area contributed by atoms with Gasteiger partial charge >= 0.3 is 0 Å². The fourth-order valence-corrected chi connectivity index (χ4v) is 4.38. The molecule has 6 rings (SSSR count). The van der Waals surface area contributed by atoms with Crippen molar-refractivity contribution < 1.29 is 9.21 Å². The van der Waals surface area contributed by atoms with E-state index >= 15 is 0 Å². The summed E-state index contributed by atoms with van der Waals surface area (Å²) in [6.07, 6.45) is 4.90. The molecule has 1 amide bonds. The molecule has 30 heavy (non-hydrogen) atoms. The summed E-state index contributed by atoms with van der Waals surface area (Å²) in [5.74, 6) is 2.63. The lowest BCUT2D eigenvalue weighted by Gasteiger charge is -2.38. The highest BCUT2D eigenvalue weighted by Gasteiger charge is 2.32. The molecule has 0 unspecified atom stereocenters. The van der Waals surface area contributed by atoms with Crippen LogP contribution in [0.25, 0.3) is 28.1 Å². The Kier molecular flexibility index (Phi) is 3.97. The van der Waals surface area contributed by atoms with Gasteiger partial charge in [0.25, 0.3) is 0 Å². The molecule has 1 saturated carbocycles. The second kappa shape index (κ2) is 6.83. The summed E-state index contributed by atoms with van der Waals surface area (Å²) < 4.78 is 7.59. The van der Waals surface area contributed by atoms with Crippen LogP contribution in [0.15, 0.2) is 47.1 Å². The van der Waals surface area contributed by atoms with Crippen LogP contribution in [-0.4, -0.2) is 56.6 Å². The molecule has 1 aliphatic carbocycles. The molecule has 0 radical (unpaired) electrons. The number of carbonyl (C=O) groups is 1. The Hall–Kier alpha value is -3.42. The Balaban J connectivity index is 1.41. The second-order valence-corrected chi connectivity index (χ2v) is 8.03. The number of aromatic nitrogens is 4. The molecule has 0 atom stereocenters. The Morgan fingerprint density at radius 1 is 1.00 bits per heavy atom. The average Bonchev–Trinajstić information content (AvgIpc) is 3.42. The topological polar surface area (TPSA) is 79.8 Å². The Labute approximate surface area is 173 Å². The van der Waals surface area contributed by atoms with E-state index in [1.807, 2.05) is 45.7 Å². The van der Waals surface area contributed by atoms with Gasteiger partial charge in [-0.2, -0.15) is 0 Å². The molecule has 4 heterocycles. The maximum Gasteiger partial charge on any atom is 0.225 e. The summed E-state index contributed by atoms with van der Waals surface area (Å²) in [7, 11) is 0. The summed E-state index contributed by atoms with van der Waals surface area (Å²) in [4.78, 5) is 21.8. The number of amides is 1. The first-order valence-electron chi connectivity index (χ1n) is 10.5. The maximum absolute atomic E-state index is 12.6. The lowest BCUT2D eigenvalue weighted by molar-refractivity contribution is -0.138. The largest absolute Gasteiger partial charge is 0.461 e. The predicted octanol–water partition coefficient (Wildman–Crippen LogP) is 2.99. The fraction of sp³-hybridized carbons (Fsp3) is 0.364. The monoisotopic (exact) mass is 402 g/mol. The van der Waals surface area contributed by atoms with Crippen LogP contribution in [0.1, 0.15) is 19.3 Å². The first-order chi connectivity index (χ1) is 14.8. The maximum atomic E-state index is 12.6. The van der Waals surface area contributed by atoms with Crippen LogP contribution in [-0.2, 0) is 4.79 Å². The van der Waals surface area contributed by atoms with Gasteiger partial charge in [-0.1, -0.05) is 18.6 Å². The van der Waals surface area contributed by atoms with Crippen molar-refractivity contribution in [2.24, 2.45) is 5.92 Å². The van der Waals surface area contributed by atoms with E-state index < -0.39 is 0 Å². The molecule has 152 valence electrons. The molecule has 1 saturated heterocycles. The zero-order chi connectivity index (χ0) is 20.1. The average molecular weight is 402 g/mol. The van der Waals surface area contributed by atoms with Crippen molar-refractivity contribution in [2.45, 2.75) is 19.3 Å². The van der Waals surface area contributed by atoms with Gasteiger partial charge in [0, 0.05) is 37.5 Å². The van der Waals surface area contributed by atoms with Crippen molar-refractivity contribution in [1.82, 2.24) is 24.5 Å². The molecule has 2 aliphatic rings. The third-order valence-electron chi connectivity index (χ3n) is 6.30. The zero-order valence-corrected chi connectivity index (χ0v) is 16.6. The lowest BCUT2D eigenvalue weighted by Crippen LogP contribution is -2.51. The quantitative estimate of drug-likeness (QED) is 0.524. The first kappa shape index (κ1) is 17.4. The third-order valence-corrected chi connectivity index (χ3v) is 6.30. The molecule has 3 aromatic heterocycles. The van der Waals surface area contributed by atoms with Crippen molar-refractivity contribution in [3.63, 3.8) is 0 Å². The first-order valence-corrected chi connectivity index (χ1v) is 10.5.